The third kappa shape index (κ3) is 12.3. The minimum absolute atomic E-state index is 0.0875. The molecular formula is C41H69N5O6. The Balaban J connectivity index is 1.55. The second-order valence-corrected chi connectivity index (χ2v) is 15.4. The number of pyridine rings is 1. The minimum Gasteiger partial charge on any atom is -0.382 e. The normalized spacial score (nSPS) is 25.0. The molecule has 3 aliphatic carbocycles. The maximum absolute atomic E-state index is 14.6. The van der Waals surface area contributed by atoms with Gasteiger partial charge in [0, 0.05) is 102 Å². The van der Waals surface area contributed by atoms with Crippen LogP contribution < -0.4 is 21.3 Å². The number of nitrogens with one attached hydrogen (secondary N) is 4. The van der Waals surface area contributed by atoms with E-state index < -0.39 is 0 Å². The topological polar surface area (TPSA) is 132 Å². The molecule has 5 rings (SSSR count). The van der Waals surface area contributed by atoms with Crippen LogP contribution in [0.5, 0.6) is 0 Å². The van der Waals surface area contributed by atoms with Crippen LogP contribution in [0.4, 0.5) is 0 Å². The first-order chi connectivity index (χ1) is 25.6. The van der Waals surface area contributed by atoms with Gasteiger partial charge in [-0.15, -0.1) is 0 Å². The van der Waals surface area contributed by atoms with Crippen LogP contribution in [0.2, 0.25) is 0 Å². The number of hydrogen-bond acceptors (Lipinski definition) is 11. The number of fused-ring (bicyclic) bond motifs is 4. The average molecular weight is 728 g/mol. The van der Waals surface area contributed by atoms with Gasteiger partial charge in [-0.3, -0.25) is 14.6 Å². The number of nitrogens with zero attached hydrogens (tertiary/aromatic N) is 1. The highest BCUT2D eigenvalue weighted by Gasteiger charge is 2.34. The lowest BCUT2D eigenvalue weighted by Crippen LogP contribution is -2.53. The van der Waals surface area contributed by atoms with Crippen LogP contribution in [0.25, 0.3) is 0 Å². The molecule has 4 N–H and O–H groups in total. The summed E-state index contributed by atoms with van der Waals surface area (Å²) < 4.78 is 21.8. The Labute approximate surface area is 313 Å². The van der Waals surface area contributed by atoms with Gasteiger partial charge in [-0.1, -0.05) is 44.9 Å². The number of methoxy groups -OCH3 is 2. The number of ketones is 2. The molecule has 4 atom stereocenters. The molecule has 0 unspecified atom stereocenters. The van der Waals surface area contributed by atoms with Gasteiger partial charge in [0.1, 0.15) is 0 Å². The predicted octanol–water partition coefficient (Wildman–Crippen LogP) is 5.38. The van der Waals surface area contributed by atoms with E-state index in [4.69, 9.17) is 23.9 Å². The molecule has 3 fully saturated rings. The van der Waals surface area contributed by atoms with Gasteiger partial charge in [-0.25, -0.2) is 0 Å². The first-order valence-electron chi connectivity index (χ1n) is 20.8. The predicted molar refractivity (Wildman–Crippen MR) is 204 cm³/mol. The summed E-state index contributed by atoms with van der Waals surface area (Å²) in [6.07, 6.45) is 16.7. The summed E-state index contributed by atoms with van der Waals surface area (Å²) in [6.45, 7) is 6.01. The molecular weight excluding hydrogens is 658 g/mol. The van der Waals surface area contributed by atoms with E-state index in [-0.39, 0.29) is 17.5 Å². The molecule has 3 saturated carbocycles. The number of Topliss-reactive ketones (excluding diaryl/α,β-unsaturated/α-hetero) is 2. The van der Waals surface area contributed by atoms with E-state index in [1.54, 1.807) is 14.2 Å². The molecule has 52 heavy (non-hydrogen) atoms. The molecule has 0 spiro atoms. The second-order valence-electron chi connectivity index (χ2n) is 15.4. The van der Waals surface area contributed by atoms with Gasteiger partial charge in [0.25, 0.3) is 0 Å². The van der Waals surface area contributed by atoms with Gasteiger partial charge >= 0.3 is 0 Å². The molecule has 11 heteroatoms. The van der Waals surface area contributed by atoms with Crippen molar-refractivity contribution < 1.29 is 28.5 Å². The van der Waals surface area contributed by atoms with E-state index in [2.05, 4.69) is 21.3 Å². The fourth-order valence-corrected chi connectivity index (χ4v) is 9.01. The maximum atomic E-state index is 14.6. The van der Waals surface area contributed by atoms with Gasteiger partial charge < -0.3 is 40.2 Å². The second kappa shape index (κ2) is 23.2. The Morgan fingerprint density at radius 2 is 0.981 bits per heavy atom. The van der Waals surface area contributed by atoms with Crippen molar-refractivity contribution in [3.63, 3.8) is 0 Å². The summed E-state index contributed by atoms with van der Waals surface area (Å²) in [5.41, 5.74) is 4.04. The zero-order valence-electron chi connectivity index (χ0n) is 32.4. The number of ether oxygens (including phenoxy) is 4. The van der Waals surface area contributed by atoms with E-state index in [1.165, 1.54) is 32.1 Å². The average Bonchev–Trinajstić information content (AvgIpc) is 3.18. The smallest absolute Gasteiger partial charge is 0.165 e. The third-order valence-electron chi connectivity index (χ3n) is 11.7. The van der Waals surface area contributed by atoms with Gasteiger partial charge in [0.15, 0.2) is 11.6 Å². The SMILES string of the molecule is COCCOCCCC(=O)c1c2nc(c(C(=O)CCCOCCOC)c1C1CCCCC1)CN[C@@H]1CCCC[C@H]1NCCN[C@@H]1CCCC[C@H]1NC2. The van der Waals surface area contributed by atoms with Crippen molar-refractivity contribution in [2.24, 2.45) is 0 Å². The van der Waals surface area contributed by atoms with E-state index in [0.29, 0.717) is 114 Å². The van der Waals surface area contributed by atoms with Crippen LogP contribution in [0.15, 0.2) is 0 Å². The monoisotopic (exact) mass is 728 g/mol. The van der Waals surface area contributed by atoms with Crippen molar-refractivity contribution in [2.45, 2.75) is 152 Å². The van der Waals surface area contributed by atoms with Crippen LogP contribution in [0, 0.1) is 0 Å². The fourth-order valence-electron chi connectivity index (χ4n) is 9.01. The zero-order chi connectivity index (χ0) is 36.4. The van der Waals surface area contributed by atoms with Gasteiger partial charge in [-0.2, -0.15) is 0 Å². The van der Waals surface area contributed by atoms with E-state index in [0.717, 1.165) is 81.4 Å². The van der Waals surface area contributed by atoms with Crippen LogP contribution in [0.1, 0.15) is 153 Å². The molecule has 0 saturated heterocycles. The number of aromatic nitrogens is 1. The Bertz CT molecular complexity index is 1150. The highest BCUT2D eigenvalue weighted by Crippen LogP contribution is 2.40. The minimum atomic E-state index is 0.0875. The zero-order valence-corrected chi connectivity index (χ0v) is 32.4. The first-order valence-corrected chi connectivity index (χ1v) is 20.8. The highest BCUT2D eigenvalue weighted by atomic mass is 16.5. The Kier molecular flexibility index (Phi) is 18.4. The largest absolute Gasteiger partial charge is 0.382 e. The molecule has 4 aliphatic rings. The summed E-state index contributed by atoms with van der Waals surface area (Å²) >= 11 is 0. The molecule has 11 nitrogen and oxygen atoms in total. The summed E-state index contributed by atoms with van der Waals surface area (Å²) in [4.78, 5) is 34.6. The maximum Gasteiger partial charge on any atom is 0.165 e. The molecule has 1 aromatic heterocycles. The standard InChI is InChI=1S/C41H69N5O6/c1-49-24-26-51-22-10-18-37(47)40-35-28-44-33-16-8-6-14-31(33)42-20-21-43-32-15-7-9-17-34(32)45-29-36(46-35)41(39(40)30-12-4-3-5-13-30)38(48)19-11-23-52-27-25-50-2/h30-34,42-45H,3-29H2,1-2H3/t31-,32-,33-,34-/m1/s1. The number of carbonyl (C=O) groups is 2. The summed E-state index contributed by atoms with van der Waals surface area (Å²) in [7, 11) is 3.33. The van der Waals surface area contributed by atoms with Crippen LogP contribution >= 0.6 is 0 Å². The van der Waals surface area contributed by atoms with Gasteiger partial charge in [-0.05, 0) is 62.8 Å². The van der Waals surface area contributed by atoms with E-state index in [9.17, 15) is 9.59 Å². The number of carbonyl (C=O) groups excluding carboxylic acids is 2. The Hall–Kier alpha value is -1.83. The van der Waals surface area contributed by atoms with E-state index >= 15 is 0 Å². The lowest BCUT2D eigenvalue weighted by atomic mass is 9.76. The summed E-state index contributed by atoms with van der Waals surface area (Å²) in [5.74, 6) is 0.340. The molecule has 1 aliphatic heterocycles. The Morgan fingerprint density at radius 3 is 1.42 bits per heavy atom. The van der Waals surface area contributed by atoms with Crippen molar-refractivity contribution >= 4 is 11.6 Å². The van der Waals surface area contributed by atoms with Gasteiger partial charge in [0.2, 0.25) is 0 Å². The van der Waals surface area contributed by atoms with Crippen molar-refractivity contribution in [1.82, 2.24) is 26.3 Å². The Morgan fingerprint density at radius 1 is 0.558 bits per heavy atom. The quantitative estimate of drug-likeness (QED) is 0.122. The van der Waals surface area contributed by atoms with Crippen LogP contribution in [0.3, 0.4) is 0 Å². The van der Waals surface area contributed by atoms with Crippen LogP contribution in [-0.4, -0.2) is 108 Å². The summed E-state index contributed by atoms with van der Waals surface area (Å²) in [5, 5.41) is 15.6. The molecule has 294 valence electrons. The molecule has 2 bridgehead atoms. The molecule has 1 aromatic rings. The molecule has 0 radical (unpaired) electrons. The van der Waals surface area contributed by atoms with Crippen molar-refractivity contribution in [2.75, 3.05) is 67.0 Å². The first kappa shape index (κ1) is 41.3. The molecule has 0 amide bonds. The lowest BCUT2D eigenvalue weighted by molar-refractivity contribution is 0.0668. The third-order valence-corrected chi connectivity index (χ3v) is 11.7. The van der Waals surface area contributed by atoms with Crippen molar-refractivity contribution in [3.8, 4) is 0 Å². The molecule has 0 aromatic carbocycles. The summed E-state index contributed by atoms with van der Waals surface area (Å²) in [6, 6.07) is 1.38. The van der Waals surface area contributed by atoms with Crippen LogP contribution in [-0.2, 0) is 32.0 Å². The van der Waals surface area contributed by atoms with E-state index in [1.807, 2.05) is 0 Å². The van der Waals surface area contributed by atoms with Crippen molar-refractivity contribution in [3.05, 3.63) is 28.1 Å². The highest BCUT2D eigenvalue weighted by molar-refractivity contribution is 6.05. The van der Waals surface area contributed by atoms with Crippen molar-refractivity contribution in [1.29, 1.82) is 0 Å². The number of rotatable bonds is 17. The number of hydrogen-bond donors (Lipinski definition) is 4. The van der Waals surface area contributed by atoms with Gasteiger partial charge in [0.05, 0.1) is 37.8 Å². The lowest BCUT2D eigenvalue weighted by Gasteiger charge is -2.34. The molecule has 2 heterocycles. The fraction of sp³-hybridized carbons (Fsp3) is 0.829.